The molecule has 1 atom stereocenters. The van der Waals surface area contributed by atoms with Gasteiger partial charge in [0, 0.05) is 24.9 Å². The summed E-state index contributed by atoms with van der Waals surface area (Å²) in [5.41, 5.74) is 0. The lowest BCUT2D eigenvalue weighted by atomic mass is 10.1. The molecule has 1 rings (SSSR count). The van der Waals surface area contributed by atoms with Crippen molar-refractivity contribution in [1.82, 2.24) is 10.6 Å². The molecule has 0 spiro atoms. The van der Waals surface area contributed by atoms with Crippen molar-refractivity contribution in [2.24, 2.45) is 4.99 Å². The van der Waals surface area contributed by atoms with E-state index in [2.05, 4.69) is 40.6 Å². The standard InChI is InChI=1S/C12H25N3S2.HI/c1-12(6-4-9-17-12)10-15-11(13-2)14-7-5-8-16-3;/h4-10H2,1-3H3,(H2,13,14,15);1H. The van der Waals surface area contributed by atoms with Crippen LogP contribution in [0.2, 0.25) is 0 Å². The number of halogens is 1. The fraction of sp³-hybridized carbons (Fsp3) is 0.917. The first kappa shape index (κ1) is 18.7. The van der Waals surface area contributed by atoms with E-state index in [4.69, 9.17) is 0 Å². The van der Waals surface area contributed by atoms with Crippen LogP contribution < -0.4 is 10.6 Å². The monoisotopic (exact) mass is 403 g/mol. The van der Waals surface area contributed by atoms with Crippen molar-refractivity contribution >= 4 is 53.5 Å². The first-order chi connectivity index (χ1) is 8.20. The summed E-state index contributed by atoms with van der Waals surface area (Å²) in [7, 11) is 1.84. The summed E-state index contributed by atoms with van der Waals surface area (Å²) in [6.07, 6.45) is 6.00. The molecule has 1 saturated heterocycles. The number of guanidine groups is 1. The number of hydrogen-bond donors (Lipinski definition) is 2. The number of aliphatic imine (C=N–C) groups is 1. The molecule has 0 radical (unpaired) electrons. The summed E-state index contributed by atoms with van der Waals surface area (Å²) >= 11 is 3.97. The van der Waals surface area contributed by atoms with E-state index in [9.17, 15) is 0 Å². The van der Waals surface area contributed by atoms with Crippen molar-refractivity contribution < 1.29 is 0 Å². The maximum absolute atomic E-state index is 4.26. The zero-order chi connectivity index (χ0) is 12.6. The Bertz CT molecular complexity index is 243. The van der Waals surface area contributed by atoms with Gasteiger partial charge in [0.25, 0.3) is 0 Å². The van der Waals surface area contributed by atoms with E-state index in [0.717, 1.165) is 19.0 Å². The number of rotatable bonds is 6. The van der Waals surface area contributed by atoms with Gasteiger partial charge >= 0.3 is 0 Å². The van der Waals surface area contributed by atoms with Gasteiger partial charge in [0.15, 0.2) is 5.96 Å². The molecule has 3 nitrogen and oxygen atoms in total. The van der Waals surface area contributed by atoms with E-state index in [1.165, 1.54) is 30.8 Å². The molecular weight excluding hydrogens is 377 g/mol. The average molecular weight is 403 g/mol. The van der Waals surface area contributed by atoms with Gasteiger partial charge in [0.2, 0.25) is 0 Å². The highest BCUT2D eigenvalue weighted by atomic mass is 127. The number of nitrogens with zero attached hydrogens (tertiary/aromatic N) is 1. The third-order valence-corrected chi connectivity index (χ3v) is 5.21. The molecule has 0 aliphatic carbocycles. The minimum atomic E-state index is 0. The maximum Gasteiger partial charge on any atom is 0.191 e. The van der Waals surface area contributed by atoms with Crippen LogP contribution in [0.3, 0.4) is 0 Å². The predicted octanol–water partition coefficient (Wildman–Crippen LogP) is 2.81. The van der Waals surface area contributed by atoms with Gasteiger partial charge in [-0.2, -0.15) is 23.5 Å². The molecule has 0 aromatic heterocycles. The van der Waals surface area contributed by atoms with Crippen LogP contribution in [0, 0.1) is 0 Å². The third-order valence-electron chi connectivity index (χ3n) is 2.97. The smallest absolute Gasteiger partial charge is 0.191 e. The zero-order valence-corrected chi connectivity index (χ0v) is 15.6. The lowest BCUT2D eigenvalue weighted by molar-refractivity contribution is 0.584. The van der Waals surface area contributed by atoms with E-state index < -0.39 is 0 Å². The molecule has 1 aliphatic rings. The van der Waals surface area contributed by atoms with Gasteiger partial charge in [-0.25, -0.2) is 0 Å². The van der Waals surface area contributed by atoms with Crippen molar-refractivity contribution in [3.8, 4) is 0 Å². The quantitative estimate of drug-likeness (QED) is 0.310. The largest absolute Gasteiger partial charge is 0.356 e. The Hall–Kier alpha value is 0.700. The highest BCUT2D eigenvalue weighted by molar-refractivity contribution is 14.0. The van der Waals surface area contributed by atoms with Crippen LogP contribution in [-0.2, 0) is 0 Å². The van der Waals surface area contributed by atoms with Crippen molar-refractivity contribution in [3.05, 3.63) is 0 Å². The predicted molar refractivity (Wildman–Crippen MR) is 97.9 cm³/mol. The van der Waals surface area contributed by atoms with E-state index in [1.807, 2.05) is 18.8 Å². The molecule has 1 fully saturated rings. The summed E-state index contributed by atoms with van der Waals surface area (Å²) in [6.45, 7) is 4.36. The van der Waals surface area contributed by atoms with Crippen LogP contribution in [0.15, 0.2) is 4.99 Å². The minimum absolute atomic E-state index is 0. The van der Waals surface area contributed by atoms with Gasteiger partial charge < -0.3 is 10.6 Å². The van der Waals surface area contributed by atoms with Crippen LogP contribution in [-0.4, -0.2) is 48.6 Å². The van der Waals surface area contributed by atoms with Crippen molar-refractivity contribution in [2.75, 3.05) is 37.9 Å². The first-order valence-corrected chi connectivity index (χ1v) is 8.65. The van der Waals surface area contributed by atoms with Gasteiger partial charge in [-0.3, -0.25) is 4.99 Å². The van der Waals surface area contributed by atoms with Gasteiger partial charge in [-0.1, -0.05) is 0 Å². The SMILES string of the molecule is CN=C(NCCCSC)NCC1(C)CCCS1.I. The van der Waals surface area contributed by atoms with Gasteiger partial charge in [0.1, 0.15) is 0 Å². The summed E-state index contributed by atoms with van der Waals surface area (Å²) in [5.74, 6) is 3.45. The summed E-state index contributed by atoms with van der Waals surface area (Å²) in [5, 5.41) is 6.80. The molecule has 0 aromatic carbocycles. The Morgan fingerprint density at radius 3 is 2.78 bits per heavy atom. The van der Waals surface area contributed by atoms with Crippen molar-refractivity contribution in [3.63, 3.8) is 0 Å². The lowest BCUT2D eigenvalue weighted by Crippen LogP contribution is -2.43. The maximum atomic E-state index is 4.26. The molecule has 2 N–H and O–H groups in total. The molecule has 0 aromatic rings. The van der Waals surface area contributed by atoms with Crippen LogP contribution in [0.25, 0.3) is 0 Å². The molecule has 0 amide bonds. The lowest BCUT2D eigenvalue weighted by Gasteiger charge is -2.24. The molecule has 6 heteroatoms. The fourth-order valence-electron chi connectivity index (χ4n) is 1.89. The molecule has 108 valence electrons. The second kappa shape index (κ2) is 10.5. The number of thioether (sulfide) groups is 2. The van der Waals surface area contributed by atoms with Crippen LogP contribution >= 0.6 is 47.5 Å². The minimum Gasteiger partial charge on any atom is -0.356 e. The van der Waals surface area contributed by atoms with Crippen LogP contribution in [0.5, 0.6) is 0 Å². The highest BCUT2D eigenvalue weighted by Crippen LogP contribution is 2.36. The average Bonchev–Trinajstić information content (AvgIpc) is 2.76. The highest BCUT2D eigenvalue weighted by Gasteiger charge is 2.29. The fourth-order valence-corrected chi connectivity index (χ4v) is 3.57. The van der Waals surface area contributed by atoms with Gasteiger partial charge in [0.05, 0.1) is 0 Å². The third kappa shape index (κ3) is 7.33. The van der Waals surface area contributed by atoms with Crippen molar-refractivity contribution in [1.29, 1.82) is 0 Å². The molecule has 0 saturated carbocycles. The summed E-state index contributed by atoms with van der Waals surface area (Å²) in [6, 6.07) is 0. The van der Waals surface area contributed by atoms with Crippen molar-refractivity contribution in [2.45, 2.75) is 30.9 Å². The zero-order valence-electron chi connectivity index (χ0n) is 11.6. The van der Waals surface area contributed by atoms with E-state index in [1.54, 1.807) is 0 Å². The molecule has 18 heavy (non-hydrogen) atoms. The Kier molecular flexibility index (Phi) is 10.9. The Morgan fingerprint density at radius 1 is 1.44 bits per heavy atom. The first-order valence-electron chi connectivity index (χ1n) is 6.27. The van der Waals surface area contributed by atoms with Gasteiger partial charge in [-0.15, -0.1) is 24.0 Å². The Morgan fingerprint density at radius 2 is 2.22 bits per heavy atom. The second-order valence-corrected chi connectivity index (χ2v) is 7.27. The van der Waals surface area contributed by atoms with Crippen LogP contribution in [0.1, 0.15) is 26.2 Å². The Balaban J connectivity index is 0.00000289. The van der Waals surface area contributed by atoms with Gasteiger partial charge in [-0.05, 0) is 43.9 Å². The van der Waals surface area contributed by atoms with E-state index in [-0.39, 0.29) is 24.0 Å². The Labute approximate surface area is 137 Å². The summed E-state index contributed by atoms with van der Waals surface area (Å²) in [4.78, 5) is 4.26. The van der Waals surface area contributed by atoms with E-state index in [0.29, 0.717) is 4.75 Å². The molecule has 1 heterocycles. The molecule has 1 unspecified atom stereocenters. The summed E-state index contributed by atoms with van der Waals surface area (Å²) < 4.78 is 0.400. The van der Waals surface area contributed by atoms with Crippen LogP contribution in [0.4, 0.5) is 0 Å². The topological polar surface area (TPSA) is 36.4 Å². The molecular formula is C12H26IN3S2. The second-order valence-electron chi connectivity index (χ2n) is 4.60. The number of nitrogens with one attached hydrogen (secondary N) is 2. The van der Waals surface area contributed by atoms with E-state index >= 15 is 0 Å². The normalized spacial score (nSPS) is 23.6. The molecule has 0 bridgehead atoms. The molecule has 1 aliphatic heterocycles. The number of hydrogen-bond acceptors (Lipinski definition) is 3.